The van der Waals surface area contributed by atoms with Gasteiger partial charge in [-0.2, -0.15) is 0 Å². The monoisotopic (exact) mass is 358 g/mol. The van der Waals surface area contributed by atoms with Crippen molar-refractivity contribution in [3.8, 4) is 0 Å². The van der Waals surface area contributed by atoms with E-state index < -0.39 is 12.1 Å². The van der Waals surface area contributed by atoms with E-state index >= 15 is 0 Å². The fourth-order valence-electron chi connectivity index (χ4n) is 3.47. The van der Waals surface area contributed by atoms with Gasteiger partial charge in [-0.1, -0.05) is 30.3 Å². The Morgan fingerprint density at radius 1 is 1.15 bits per heavy atom. The lowest BCUT2D eigenvalue weighted by Gasteiger charge is -2.32. The number of likely N-dealkylation sites (tertiary alicyclic amines) is 1. The zero-order valence-electron chi connectivity index (χ0n) is 14.9. The SMILES string of the molecule is O=C(CCC1NC(=O)NC1=O)NCC1CCN(Cc2ccccc2)CC1. The fraction of sp³-hybridized carbons (Fsp3) is 0.526. The highest BCUT2D eigenvalue weighted by Crippen LogP contribution is 2.18. The Bertz CT molecular complexity index is 641. The van der Waals surface area contributed by atoms with Crippen molar-refractivity contribution in [2.75, 3.05) is 19.6 Å². The van der Waals surface area contributed by atoms with Crippen molar-refractivity contribution < 1.29 is 14.4 Å². The van der Waals surface area contributed by atoms with Crippen LogP contribution in [-0.2, 0) is 16.1 Å². The molecule has 1 aromatic rings. The van der Waals surface area contributed by atoms with E-state index in [1.54, 1.807) is 0 Å². The number of rotatable bonds is 7. The molecule has 140 valence electrons. The Morgan fingerprint density at radius 3 is 2.54 bits per heavy atom. The number of piperidine rings is 1. The van der Waals surface area contributed by atoms with Crippen LogP contribution in [0.2, 0.25) is 0 Å². The van der Waals surface area contributed by atoms with Gasteiger partial charge < -0.3 is 10.6 Å². The van der Waals surface area contributed by atoms with Gasteiger partial charge >= 0.3 is 6.03 Å². The van der Waals surface area contributed by atoms with Crippen molar-refractivity contribution in [2.45, 2.75) is 38.3 Å². The number of carbonyl (C=O) groups excluding carboxylic acids is 3. The van der Waals surface area contributed by atoms with Gasteiger partial charge in [-0.05, 0) is 43.8 Å². The maximum atomic E-state index is 12.0. The summed E-state index contributed by atoms with van der Waals surface area (Å²) in [5, 5.41) is 7.64. The first kappa shape index (κ1) is 18.4. The summed E-state index contributed by atoms with van der Waals surface area (Å²) in [6.45, 7) is 3.75. The Balaban J connectivity index is 1.30. The van der Waals surface area contributed by atoms with E-state index in [1.807, 2.05) is 6.07 Å². The van der Waals surface area contributed by atoms with E-state index in [2.05, 4.69) is 45.1 Å². The molecule has 0 saturated carbocycles. The Morgan fingerprint density at radius 2 is 1.88 bits per heavy atom. The van der Waals surface area contributed by atoms with Gasteiger partial charge in [0.15, 0.2) is 0 Å². The highest BCUT2D eigenvalue weighted by Gasteiger charge is 2.29. The average molecular weight is 358 g/mol. The largest absolute Gasteiger partial charge is 0.356 e. The molecule has 1 atom stereocenters. The molecule has 2 aliphatic rings. The van der Waals surface area contributed by atoms with Crippen LogP contribution in [0.3, 0.4) is 0 Å². The molecular formula is C19H26N4O3. The van der Waals surface area contributed by atoms with Gasteiger partial charge in [0, 0.05) is 19.5 Å². The third kappa shape index (κ3) is 5.29. The molecule has 7 heteroatoms. The predicted molar refractivity (Wildman–Crippen MR) is 97.1 cm³/mol. The summed E-state index contributed by atoms with van der Waals surface area (Å²) >= 11 is 0. The second-order valence-corrected chi connectivity index (χ2v) is 7.06. The van der Waals surface area contributed by atoms with Gasteiger partial charge in [0.05, 0.1) is 0 Å². The fourth-order valence-corrected chi connectivity index (χ4v) is 3.47. The van der Waals surface area contributed by atoms with Crippen molar-refractivity contribution in [3.63, 3.8) is 0 Å². The Labute approximate surface area is 153 Å². The molecule has 0 bridgehead atoms. The number of nitrogens with zero attached hydrogens (tertiary/aromatic N) is 1. The third-order valence-electron chi connectivity index (χ3n) is 5.06. The minimum Gasteiger partial charge on any atom is -0.356 e. The van der Waals surface area contributed by atoms with Gasteiger partial charge in [-0.25, -0.2) is 4.79 Å². The molecule has 2 fully saturated rings. The molecule has 4 amide bonds. The van der Waals surface area contributed by atoms with Crippen molar-refractivity contribution in [1.29, 1.82) is 0 Å². The van der Waals surface area contributed by atoms with Crippen LogP contribution in [0.4, 0.5) is 4.79 Å². The summed E-state index contributed by atoms with van der Waals surface area (Å²) in [7, 11) is 0. The van der Waals surface area contributed by atoms with E-state index in [1.165, 1.54) is 5.56 Å². The summed E-state index contributed by atoms with van der Waals surface area (Å²) < 4.78 is 0. The maximum Gasteiger partial charge on any atom is 0.322 e. The van der Waals surface area contributed by atoms with Crippen LogP contribution >= 0.6 is 0 Å². The smallest absolute Gasteiger partial charge is 0.322 e. The number of carbonyl (C=O) groups is 3. The third-order valence-corrected chi connectivity index (χ3v) is 5.06. The number of benzene rings is 1. The van der Waals surface area contributed by atoms with Crippen molar-refractivity contribution in [1.82, 2.24) is 20.9 Å². The van der Waals surface area contributed by atoms with Crippen LogP contribution < -0.4 is 16.0 Å². The standard InChI is InChI=1S/C19H26N4O3/c24-17(7-6-16-18(25)22-19(26)21-16)20-12-14-8-10-23(11-9-14)13-15-4-2-1-3-5-15/h1-5,14,16H,6-13H2,(H,20,24)(H2,21,22,25,26). The molecule has 7 nitrogen and oxygen atoms in total. The summed E-state index contributed by atoms with van der Waals surface area (Å²) in [4.78, 5) is 36.9. The molecule has 3 rings (SSSR count). The molecule has 0 aliphatic carbocycles. The van der Waals surface area contributed by atoms with Crippen molar-refractivity contribution in [2.24, 2.45) is 5.92 Å². The molecule has 26 heavy (non-hydrogen) atoms. The number of amides is 4. The lowest BCUT2D eigenvalue weighted by atomic mass is 9.96. The molecule has 1 unspecified atom stereocenters. The van der Waals surface area contributed by atoms with E-state index in [9.17, 15) is 14.4 Å². The number of hydrogen-bond acceptors (Lipinski definition) is 4. The number of nitrogens with one attached hydrogen (secondary N) is 3. The van der Waals surface area contributed by atoms with Gasteiger partial charge in [0.1, 0.15) is 6.04 Å². The van der Waals surface area contributed by atoms with Crippen molar-refractivity contribution >= 4 is 17.8 Å². The number of urea groups is 1. The quantitative estimate of drug-likeness (QED) is 0.635. The Hall–Kier alpha value is -2.41. The highest BCUT2D eigenvalue weighted by molar-refractivity contribution is 6.04. The first-order valence-electron chi connectivity index (χ1n) is 9.24. The van der Waals surface area contributed by atoms with Gasteiger partial charge in [-0.15, -0.1) is 0 Å². The molecule has 0 aromatic heterocycles. The highest BCUT2D eigenvalue weighted by atomic mass is 16.2. The topological polar surface area (TPSA) is 90.5 Å². The minimum atomic E-state index is -0.588. The van der Waals surface area contributed by atoms with E-state index in [-0.39, 0.29) is 18.2 Å². The van der Waals surface area contributed by atoms with Crippen LogP contribution in [0.15, 0.2) is 30.3 Å². The normalized spacial score (nSPS) is 21.3. The molecule has 2 saturated heterocycles. The van der Waals surface area contributed by atoms with Crippen LogP contribution in [0.5, 0.6) is 0 Å². The average Bonchev–Trinajstić information content (AvgIpc) is 2.97. The Kier molecular flexibility index (Phi) is 6.22. The summed E-state index contributed by atoms with van der Waals surface area (Å²) in [5.41, 5.74) is 1.34. The van der Waals surface area contributed by atoms with Gasteiger partial charge in [0.25, 0.3) is 5.91 Å². The lowest BCUT2D eigenvalue weighted by Crippen LogP contribution is -2.38. The van der Waals surface area contributed by atoms with Gasteiger partial charge in [0.2, 0.25) is 5.91 Å². The summed E-state index contributed by atoms with van der Waals surface area (Å²) in [6, 6.07) is 9.40. The van der Waals surface area contributed by atoms with Crippen LogP contribution in [-0.4, -0.2) is 48.4 Å². The molecule has 3 N–H and O–H groups in total. The second kappa shape index (κ2) is 8.80. The lowest BCUT2D eigenvalue weighted by molar-refractivity contribution is -0.122. The molecule has 1 aromatic carbocycles. The number of imide groups is 1. The van der Waals surface area contributed by atoms with Crippen LogP contribution in [0.1, 0.15) is 31.2 Å². The first-order valence-corrected chi connectivity index (χ1v) is 9.24. The van der Waals surface area contributed by atoms with Crippen molar-refractivity contribution in [3.05, 3.63) is 35.9 Å². The predicted octanol–water partition coefficient (Wildman–Crippen LogP) is 1.00. The molecule has 0 radical (unpaired) electrons. The van der Waals surface area contributed by atoms with Gasteiger partial charge in [-0.3, -0.25) is 19.8 Å². The molecule has 2 heterocycles. The van der Waals surface area contributed by atoms with Crippen LogP contribution in [0.25, 0.3) is 0 Å². The second-order valence-electron chi connectivity index (χ2n) is 7.06. The summed E-state index contributed by atoms with van der Waals surface area (Å²) in [6.07, 6.45) is 2.73. The summed E-state index contributed by atoms with van der Waals surface area (Å²) in [5.74, 6) is 0.0831. The molecule has 0 spiro atoms. The maximum absolute atomic E-state index is 12.0. The zero-order chi connectivity index (χ0) is 18.4. The van der Waals surface area contributed by atoms with E-state index in [0.29, 0.717) is 18.9 Å². The minimum absolute atomic E-state index is 0.0642. The molecule has 2 aliphatic heterocycles. The van der Waals surface area contributed by atoms with E-state index in [4.69, 9.17) is 0 Å². The van der Waals surface area contributed by atoms with E-state index in [0.717, 1.165) is 32.5 Å². The van der Waals surface area contributed by atoms with Crippen LogP contribution in [0, 0.1) is 5.92 Å². The zero-order valence-corrected chi connectivity index (χ0v) is 14.9. The first-order chi connectivity index (χ1) is 12.6. The number of hydrogen-bond donors (Lipinski definition) is 3. The molecular weight excluding hydrogens is 332 g/mol.